The van der Waals surface area contributed by atoms with Gasteiger partial charge in [0.05, 0.1) is 34.9 Å². The van der Waals surface area contributed by atoms with E-state index >= 15 is 0 Å². The third kappa shape index (κ3) is 6.50. The van der Waals surface area contributed by atoms with Crippen LogP contribution in [0.1, 0.15) is 57.8 Å². The second-order valence-corrected chi connectivity index (χ2v) is 14.3. The van der Waals surface area contributed by atoms with Crippen molar-refractivity contribution in [2.45, 2.75) is 45.7 Å². The quantitative estimate of drug-likeness (QED) is 0.177. The number of likely N-dealkylation sites (tertiary alicyclic amines) is 2. The van der Waals surface area contributed by atoms with Crippen LogP contribution in [-0.4, -0.2) is 81.6 Å². The van der Waals surface area contributed by atoms with Gasteiger partial charge >= 0.3 is 5.97 Å². The number of carbonyl (C=O) groups excluding carboxylic acids is 1. The maximum absolute atomic E-state index is 14.1. The highest BCUT2D eigenvalue weighted by atomic mass is 35.5. The summed E-state index contributed by atoms with van der Waals surface area (Å²) in [5.74, 6) is -0.746. The standard InChI is InChI=1S/C40H38ClN7O5/c1-23-35(45-38(52-2)32(43-23)22-46-13-3-4-14-46)39(49)48-16-12-28-27(7-6-10-33(28)48)29-8-5-9-30(34(29)41)37-44-31-18-24(17-26(19-42)36(31)53-37)20-47-15-11-25(21-47)40(50)51/h5-10,17-18,25H,3-4,11-16,20-22H2,1-2H3,(H,50,51)/t25-/m1/s1. The highest BCUT2D eigenvalue weighted by Crippen LogP contribution is 2.43. The number of benzene rings is 3. The van der Waals surface area contributed by atoms with E-state index in [4.69, 9.17) is 30.7 Å². The zero-order valence-electron chi connectivity index (χ0n) is 29.6. The number of anilines is 1. The fourth-order valence-electron chi connectivity index (χ4n) is 7.92. The number of ether oxygens (including phenoxy) is 1. The van der Waals surface area contributed by atoms with E-state index in [2.05, 4.69) is 20.9 Å². The van der Waals surface area contributed by atoms with Crippen molar-refractivity contribution in [2.75, 3.05) is 44.7 Å². The molecular formula is C40H38ClN7O5. The number of rotatable bonds is 9. The summed E-state index contributed by atoms with van der Waals surface area (Å²) < 4.78 is 11.8. The molecule has 0 saturated carbocycles. The molecule has 1 N–H and O–H groups in total. The van der Waals surface area contributed by atoms with Gasteiger partial charge in [-0.05, 0) is 93.2 Å². The predicted octanol–water partition coefficient (Wildman–Crippen LogP) is 6.50. The fraction of sp³-hybridized carbons (Fsp3) is 0.350. The number of hydrogen-bond donors (Lipinski definition) is 1. The monoisotopic (exact) mass is 731 g/mol. The molecule has 0 bridgehead atoms. The molecule has 12 nitrogen and oxygen atoms in total. The number of aromatic nitrogens is 3. The third-order valence-electron chi connectivity index (χ3n) is 10.6. The molecule has 0 radical (unpaired) electrons. The minimum Gasteiger partial charge on any atom is -0.481 e. The average Bonchev–Trinajstić information content (AvgIpc) is 3.98. The number of hydrogen-bond acceptors (Lipinski definition) is 10. The molecule has 0 aliphatic carbocycles. The first-order valence-electron chi connectivity index (χ1n) is 17.9. The smallest absolute Gasteiger partial charge is 0.307 e. The van der Waals surface area contributed by atoms with E-state index in [0.717, 1.165) is 59.6 Å². The number of oxazole rings is 1. The van der Waals surface area contributed by atoms with Gasteiger partial charge in [-0.25, -0.2) is 15.0 Å². The van der Waals surface area contributed by atoms with Crippen molar-refractivity contribution in [3.05, 3.63) is 87.3 Å². The van der Waals surface area contributed by atoms with Crippen LogP contribution in [0.2, 0.25) is 5.02 Å². The van der Waals surface area contributed by atoms with Crippen LogP contribution in [0.5, 0.6) is 5.88 Å². The topological polar surface area (TPSA) is 149 Å². The molecule has 5 heterocycles. The van der Waals surface area contributed by atoms with Crippen molar-refractivity contribution in [1.29, 1.82) is 5.26 Å². The molecule has 2 fully saturated rings. The highest BCUT2D eigenvalue weighted by Gasteiger charge is 2.32. The van der Waals surface area contributed by atoms with Gasteiger partial charge in [0, 0.05) is 37.4 Å². The van der Waals surface area contributed by atoms with E-state index in [0.29, 0.717) is 84.4 Å². The Labute approximate surface area is 311 Å². The largest absolute Gasteiger partial charge is 0.481 e. The Hall–Kier alpha value is -5.35. The Morgan fingerprint density at radius 1 is 1.00 bits per heavy atom. The number of halogens is 1. The minimum atomic E-state index is -0.785. The summed E-state index contributed by atoms with van der Waals surface area (Å²) in [6.07, 6.45) is 3.55. The summed E-state index contributed by atoms with van der Waals surface area (Å²) in [6, 6.07) is 17.4. The summed E-state index contributed by atoms with van der Waals surface area (Å²) in [4.78, 5) is 45.9. The molecular weight excluding hydrogens is 694 g/mol. The molecule has 13 heteroatoms. The average molecular weight is 732 g/mol. The van der Waals surface area contributed by atoms with Crippen LogP contribution in [0.15, 0.2) is 52.9 Å². The van der Waals surface area contributed by atoms with Gasteiger partial charge < -0.3 is 19.2 Å². The lowest BCUT2D eigenvalue weighted by Gasteiger charge is -2.20. The minimum absolute atomic E-state index is 0.234. The molecule has 3 aliphatic heterocycles. The first-order valence-corrected chi connectivity index (χ1v) is 18.3. The van der Waals surface area contributed by atoms with Crippen molar-refractivity contribution >= 4 is 40.3 Å². The lowest BCUT2D eigenvalue weighted by atomic mass is 9.96. The molecule has 5 aromatic rings. The Kier molecular flexibility index (Phi) is 9.32. The normalized spacial score (nSPS) is 17.4. The molecule has 2 saturated heterocycles. The fourth-order valence-corrected chi connectivity index (χ4v) is 8.23. The summed E-state index contributed by atoms with van der Waals surface area (Å²) in [6.45, 7) is 6.61. The van der Waals surface area contributed by atoms with Gasteiger partial charge in [-0.15, -0.1) is 0 Å². The van der Waals surface area contributed by atoms with Crippen LogP contribution < -0.4 is 9.64 Å². The number of nitriles is 1. The zero-order chi connectivity index (χ0) is 36.8. The number of nitrogens with zero attached hydrogens (tertiary/aromatic N) is 7. The maximum Gasteiger partial charge on any atom is 0.307 e. The van der Waals surface area contributed by atoms with Crippen LogP contribution in [0.4, 0.5) is 5.69 Å². The maximum atomic E-state index is 14.1. The molecule has 2 aromatic heterocycles. The zero-order valence-corrected chi connectivity index (χ0v) is 30.3. The molecule has 270 valence electrons. The van der Waals surface area contributed by atoms with Crippen molar-refractivity contribution in [1.82, 2.24) is 24.8 Å². The molecule has 0 spiro atoms. The molecule has 3 aliphatic rings. The Balaban J connectivity index is 1.08. The summed E-state index contributed by atoms with van der Waals surface area (Å²) in [5.41, 5.74) is 7.69. The molecule has 53 heavy (non-hydrogen) atoms. The number of carbonyl (C=O) groups is 2. The van der Waals surface area contributed by atoms with Crippen molar-refractivity contribution in [2.24, 2.45) is 5.92 Å². The van der Waals surface area contributed by atoms with Gasteiger partial charge in [-0.3, -0.25) is 19.4 Å². The Bertz CT molecular complexity index is 2310. The van der Waals surface area contributed by atoms with Crippen molar-refractivity contribution < 1.29 is 23.8 Å². The van der Waals surface area contributed by atoms with Gasteiger partial charge in [-0.2, -0.15) is 5.26 Å². The SMILES string of the molecule is COc1nc(C(=O)N2CCc3c(-c4cccc(-c5nc6cc(CN7CC[C@@H](C(=O)O)C7)cc(C#N)c6o5)c4Cl)cccc32)c(C)nc1CN1CCCC1. The van der Waals surface area contributed by atoms with Gasteiger partial charge in [0.2, 0.25) is 11.8 Å². The molecule has 1 amide bonds. The van der Waals surface area contributed by atoms with Crippen LogP contribution in [0.3, 0.4) is 0 Å². The Morgan fingerprint density at radius 2 is 1.77 bits per heavy atom. The number of carboxylic acids is 1. The van der Waals surface area contributed by atoms with Crippen LogP contribution in [-0.2, 0) is 24.3 Å². The lowest BCUT2D eigenvalue weighted by Crippen LogP contribution is -2.31. The van der Waals surface area contributed by atoms with Gasteiger partial charge in [0.1, 0.15) is 17.3 Å². The number of fused-ring (bicyclic) bond motifs is 2. The first kappa shape index (κ1) is 34.7. The highest BCUT2D eigenvalue weighted by molar-refractivity contribution is 6.36. The Morgan fingerprint density at radius 3 is 2.53 bits per heavy atom. The number of amides is 1. The van der Waals surface area contributed by atoms with Gasteiger partial charge in [0.15, 0.2) is 11.3 Å². The van der Waals surface area contributed by atoms with E-state index in [9.17, 15) is 20.0 Å². The molecule has 3 aromatic carbocycles. The van der Waals surface area contributed by atoms with Gasteiger partial charge in [0.25, 0.3) is 5.91 Å². The number of methoxy groups -OCH3 is 1. The van der Waals surface area contributed by atoms with Crippen LogP contribution in [0.25, 0.3) is 33.7 Å². The first-order chi connectivity index (χ1) is 25.7. The van der Waals surface area contributed by atoms with Crippen molar-refractivity contribution in [3.8, 4) is 34.5 Å². The molecule has 8 rings (SSSR count). The predicted molar refractivity (Wildman–Crippen MR) is 199 cm³/mol. The van der Waals surface area contributed by atoms with Crippen LogP contribution in [0, 0.1) is 24.2 Å². The van der Waals surface area contributed by atoms with Crippen molar-refractivity contribution in [3.63, 3.8) is 0 Å². The summed E-state index contributed by atoms with van der Waals surface area (Å²) >= 11 is 7.15. The van der Waals surface area contributed by atoms with E-state index in [1.165, 1.54) is 0 Å². The van der Waals surface area contributed by atoms with E-state index < -0.39 is 5.97 Å². The summed E-state index contributed by atoms with van der Waals surface area (Å²) in [5, 5.41) is 19.8. The lowest BCUT2D eigenvalue weighted by molar-refractivity contribution is -0.141. The number of carboxylic acid groups (broad SMARTS) is 1. The van der Waals surface area contributed by atoms with Crippen LogP contribution >= 0.6 is 11.6 Å². The summed E-state index contributed by atoms with van der Waals surface area (Å²) in [7, 11) is 1.56. The molecule has 1 atom stereocenters. The number of aryl methyl sites for hydroxylation is 1. The third-order valence-corrected chi connectivity index (χ3v) is 11.0. The second-order valence-electron chi connectivity index (χ2n) is 14.0. The van der Waals surface area contributed by atoms with Gasteiger partial charge in [-0.1, -0.05) is 35.9 Å². The molecule has 0 unspecified atom stereocenters. The second kappa shape index (κ2) is 14.2. The number of aliphatic carboxylic acids is 1. The van der Waals surface area contributed by atoms with E-state index in [1.54, 1.807) is 18.1 Å². The van der Waals surface area contributed by atoms with E-state index in [-0.39, 0.29) is 23.4 Å². The van der Waals surface area contributed by atoms with E-state index in [1.807, 2.05) is 49.4 Å².